The maximum absolute atomic E-state index is 12.3. The Morgan fingerprint density at radius 3 is 2.41 bits per heavy atom. The van der Waals surface area contributed by atoms with Gasteiger partial charge in [0.15, 0.2) is 0 Å². The van der Waals surface area contributed by atoms with E-state index >= 15 is 0 Å². The number of hydrazine groups is 1. The van der Waals surface area contributed by atoms with Crippen LogP contribution in [0.2, 0.25) is 0 Å². The van der Waals surface area contributed by atoms with Crippen molar-refractivity contribution in [3.05, 3.63) is 71.3 Å². The number of hydrogen-bond donors (Lipinski definition) is 3. The van der Waals surface area contributed by atoms with Crippen LogP contribution in [0.4, 0.5) is 0 Å². The highest BCUT2D eigenvalue weighted by Crippen LogP contribution is 2.20. The number of hydrogen-bond acceptors (Lipinski definition) is 3. The lowest BCUT2D eigenvalue weighted by Gasteiger charge is -2.18. The van der Waals surface area contributed by atoms with Gasteiger partial charge in [-0.3, -0.25) is 15.0 Å². The summed E-state index contributed by atoms with van der Waals surface area (Å²) in [6.45, 7) is 1.96. The van der Waals surface area contributed by atoms with Crippen LogP contribution >= 0.6 is 0 Å². The zero-order chi connectivity index (χ0) is 15.5. The second-order valence-electron chi connectivity index (χ2n) is 5.34. The Balaban J connectivity index is 1.78. The number of carbonyl (C=O) groups is 2. The summed E-state index contributed by atoms with van der Waals surface area (Å²) in [7, 11) is 0. The highest BCUT2D eigenvalue weighted by atomic mass is 16.2. The van der Waals surface area contributed by atoms with Gasteiger partial charge in [0.1, 0.15) is 6.04 Å². The molecule has 112 valence electrons. The van der Waals surface area contributed by atoms with E-state index in [4.69, 9.17) is 0 Å². The van der Waals surface area contributed by atoms with E-state index in [0.717, 1.165) is 11.1 Å². The Hall–Kier alpha value is -2.66. The average molecular weight is 295 g/mol. The number of rotatable bonds is 3. The van der Waals surface area contributed by atoms with Crippen LogP contribution in [0.3, 0.4) is 0 Å². The fourth-order valence-corrected chi connectivity index (χ4v) is 2.48. The van der Waals surface area contributed by atoms with Gasteiger partial charge in [-0.25, -0.2) is 5.43 Å². The van der Waals surface area contributed by atoms with Crippen molar-refractivity contribution in [1.29, 1.82) is 0 Å². The Morgan fingerprint density at radius 2 is 1.73 bits per heavy atom. The molecular weight excluding hydrogens is 278 g/mol. The molecule has 0 unspecified atom stereocenters. The smallest absolute Gasteiger partial charge is 0.258 e. The minimum Gasteiger partial charge on any atom is -0.338 e. The minimum absolute atomic E-state index is 0.241. The maximum atomic E-state index is 12.3. The standard InChI is InChI=1S/C17H17N3O2/c1-11-7-9-13(10-8-11)16(21)18-15-14(19-20-17(15)22)12-5-3-2-4-6-12/h2-10,14-15,19H,1H3,(H,18,21)(H,20,22)/t14-,15+/m1/s1. The van der Waals surface area contributed by atoms with Crippen molar-refractivity contribution in [1.82, 2.24) is 16.2 Å². The quantitative estimate of drug-likeness (QED) is 0.803. The summed E-state index contributed by atoms with van der Waals surface area (Å²) < 4.78 is 0. The molecule has 1 fully saturated rings. The van der Waals surface area contributed by atoms with Gasteiger partial charge in [0, 0.05) is 5.56 Å². The van der Waals surface area contributed by atoms with Crippen LogP contribution in [-0.4, -0.2) is 17.9 Å². The van der Waals surface area contributed by atoms with E-state index < -0.39 is 6.04 Å². The molecule has 1 aliphatic rings. The van der Waals surface area contributed by atoms with Crippen LogP contribution in [0.1, 0.15) is 27.5 Å². The number of amides is 2. The number of carbonyl (C=O) groups excluding carboxylic acids is 2. The Bertz CT molecular complexity index is 683. The SMILES string of the molecule is Cc1ccc(C(=O)N[C@@H]2C(=O)NN[C@@H]2c2ccccc2)cc1. The van der Waals surface area contributed by atoms with Gasteiger partial charge in [0.05, 0.1) is 6.04 Å². The molecule has 2 amide bonds. The number of benzene rings is 2. The maximum Gasteiger partial charge on any atom is 0.258 e. The number of aryl methyl sites for hydroxylation is 1. The van der Waals surface area contributed by atoms with Crippen molar-refractivity contribution in [3.8, 4) is 0 Å². The van der Waals surface area contributed by atoms with Gasteiger partial charge in [0.2, 0.25) is 0 Å². The highest BCUT2D eigenvalue weighted by molar-refractivity contribution is 5.98. The molecule has 0 aliphatic carbocycles. The van der Waals surface area contributed by atoms with E-state index in [1.165, 1.54) is 0 Å². The van der Waals surface area contributed by atoms with E-state index in [2.05, 4.69) is 16.2 Å². The molecule has 5 nitrogen and oxygen atoms in total. The largest absolute Gasteiger partial charge is 0.338 e. The summed E-state index contributed by atoms with van der Waals surface area (Å²) in [5.41, 5.74) is 8.07. The average Bonchev–Trinajstić information content (AvgIpc) is 2.90. The highest BCUT2D eigenvalue weighted by Gasteiger charge is 2.36. The molecule has 3 N–H and O–H groups in total. The first-order chi connectivity index (χ1) is 10.6. The van der Waals surface area contributed by atoms with E-state index in [0.29, 0.717) is 5.56 Å². The normalized spacial score (nSPS) is 20.5. The first-order valence-electron chi connectivity index (χ1n) is 7.13. The van der Waals surface area contributed by atoms with Crippen LogP contribution in [0.25, 0.3) is 0 Å². The van der Waals surface area contributed by atoms with Gasteiger partial charge in [-0.15, -0.1) is 0 Å². The Kier molecular flexibility index (Phi) is 3.89. The molecule has 0 aromatic heterocycles. The second kappa shape index (κ2) is 5.99. The third-order valence-corrected chi connectivity index (χ3v) is 3.73. The second-order valence-corrected chi connectivity index (χ2v) is 5.34. The molecule has 5 heteroatoms. The molecule has 3 rings (SSSR count). The van der Waals surface area contributed by atoms with Gasteiger partial charge in [-0.1, -0.05) is 48.0 Å². The Labute approximate surface area is 128 Å². The van der Waals surface area contributed by atoms with Gasteiger partial charge in [-0.2, -0.15) is 0 Å². The van der Waals surface area contributed by atoms with Gasteiger partial charge < -0.3 is 5.32 Å². The minimum atomic E-state index is -0.642. The zero-order valence-electron chi connectivity index (χ0n) is 12.2. The van der Waals surface area contributed by atoms with Crippen LogP contribution < -0.4 is 16.2 Å². The molecule has 2 aromatic carbocycles. The molecule has 1 heterocycles. The summed E-state index contributed by atoms with van der Waals surface area (Å²) in [6.07, 6.45) is 0. The van der Waals surface area contributed by atoms with E-state index in [1.807, 2.05) is 49.4 Å². The fourth-order valence-electron chi connectivity index (χ4n) is 2.48. The first kappa shape index (κ1) is 14.3. The van der Waals surface area contributed by atoms with Crippen molar-refractivity contribution in [2.75, 3.05) is 0 Å². The van der Waals surface area contributed by atoms with Crippen molar-refractivity contribution in [2.45, 2.75) is 19.0 Å². The molecule has 1 aliphatic heterocycles. The monoisotopic (exact) mass is 295 g/mol. The molecule has 2 aromatic rings. The molecular formula is C17H17N3O2. The topological polar surface area (TPSA) is 70.2 Å². The molecule has 0 radical (unpaired) electrons. The number of nitrogens with one attached hydrogen (secondary N) is 3. The van der Waals surface area contributed by atoms with Crippen LogP contribution in [-0.2, 0) is 4.79 Å². The van der Waals surface area contributed by atoms with E-state index in [9.17, 15) is 9.59 Å². The lowest BCUT2D eigenvalue weighted by Crippen LogP contribution is -2.42. The van der Waals surface area contributed by atoms with Crippen molar-refractivity contribution in [3.63, 3.8) is 0 Å². The van der Waals surface area contributed by atoms with Gasteiger partial charge in [-0.05, 0) is 24.6 Å². The predicted octanol–water partition coefficient (Wildman–Crippen LogP) is 1.47. The van der Waals surface area contributed by atoms with Gasteiger partial charge in [0.25, 0.3) is 11.8 Å². The summed E-state index contributed by atoms with van der Waals surface area (Å²) in [4.78, 5) is 24.3. The summed E-state index contributed by atoms with van der Waals surface area (Å²) in [6, 6.07) is 15.9. The first-order valence-corrected chi connectivity index (χ1v) is 7.13. The van der Waals surface area contributed by atoms with Gasteiger partial charge >= 0.3 is 0 Å². The lowest BCUT2D eigenvalue weighted by molar-refractivity contribution is -0.121. The summed E-state index contributed by atoms with van der Waals surface area (Å²) >= 11 is 0. The van der Waals surface area contributed by atoms with E-state index in [-0.39, 0.29) is 17.9 Å². The van der Waals surface area contributed by atoms with Crippen molar-refractivity contribution in [2.24, 2.45) is 0 Å². The van der Waals surface area contributed by atoms with E-state index in [1.54, 1.807) is 12.1 Å². The summed E-state index contributed by atoms with van der Waals surface area (Å²) in [5, 5.41) is 2.80. The molecule has 22 heavy (non-hydrogen) atoms. The molecule has 2 atom stereocenters. The van der Waals surface area contributed by atoms with Crippen LogP contribution in [0.15, 0.2) is 54.6 Å². The third-order valence-electron chi connectivity index (χ3n) is 3.73. The molecule has 1 saturated heterocycles. The summed E-state index contributed by atoms with van der Waals surface area (Å²) in [5.74, 6) is -0.501. The lowest BCUT2D eigenvalue weighted by atomic mass is 10.0. The zero-order valence-corrected chi connectivity index (χ0v) is 12.2. The fraction of sp³-hybridized carbons (Fsp3) is 0.176. The van der Waals surface area contributed by atoms with Crippen LogP contribution in [0, 0.1) is 6.92 Å². The third kappa shape index (κ3) is 2.84. The Morgan fingerprint density at radius 1 is 1.05 bits per heavy atom. The molecule has 0 saturated carbocycles. The van der Waals surface area contributed by atoms with Crippen molar-refractivity contribution < 1.29 is 9.59 Å². The predicted molar refractivity (Wildman–Crippen MR) is 82.9 cm³/mol. The molecule has 0 bridgehead atoms. The molecule has 0 spiro atoms. The van der Waals surface area contributed by atoms with Crippen LogP contribution in [0.5, 0.6) is 0 Å². The van der Waals surface area contributed by atoms with Crippen molar-refractivity contribution >= 4 is 11.8 Å².